The van der Waals surface area contributed by atoms with E-state index in [0.717, 1.165) is 0 Å². The van der Waals surface area contributed by atoms with Gasteiger partial charge in [0.2, 0.25) is 17.1 Å². The van der Waals surface area contributed by atoms with Gasteiger partial charge >= 0.3 is 0 Å². The van der Waals surface area contributed by atoms with Crippen LogP contribution >= 0.6 is 0 Å². The molecule has 0 radical (unpaired) electrons. The fraction of sp³-hybridized carbons (Fsp3) is 0.348. The maximum absolute atomic E-state index is 12.7. The summed E-state index contributed by atoms with van der Waals surface area (Å²) in [5.74, 6) is 0.884. The van der Waals surface area contributed by atoms with E-state index in [1.54, 1.807) is 12.1 Å². The number of carbonyl (C=O) groups excluding carboxylic acids is 1. The Morgan fingerprint density at radius 3 is 2.29 bits per heavy atom. The first-order valence-corrected chi connectivity index (χ1v) is 9.66. The zero-order chi connectivity index (χ0) is 22.7. The van der Waals surface area contributed by atoms with Crippen LogP contribution in [0.5, 0.6) is 23.0 Å². The first-order valence-electron chi connectivity index (χ1n) is 9.66. The number of amides is 1. The summed E-state index contributed by atoms with van der Waals surface area (Å²) in [6.45, 7) is 1.42. The van der Waals surface area contributed by atoms with Crippen molar-refractivity contribution in [3.05, 3.63) is 45.1 Å². The van der Waals surface area contributed by atoms with E-state index >= 15 is 0 Å². The molecule has 0 saturated heterocycles. The molecule has 31 heavy (non-hydrogen) atoms. The summed E-state index contributed by atoms with van der Waals surface area (Å²) in [7, 11) is 5.85. The molecule has 0 bridgehead atoms. The van der Waals surface area contributed by atoms with Crippen molar-refractivity contribution in [2.75, 3.05) is 28.4 Å². The van der Waals surface area contributed by atoms with Crippen molar-refractivity contribution >= 4 is 5.91 Å². The van der Waals surface area contributed by atoms with Crippen LogP contribution in [0.1, 0.15) is 36.1 Å². The number of hydrogen-bond donors (Lipinski definition) is 1. The number of nitrogens with one attached hydrogen (secondary N) is 1. The van der Waals surface area contributed by atoms with Crippen LogP contribution in [0, 0.1) is 11.3 Å². The van der Waals surface area contributed by atoms with E-state index in [1.807, 2.05) is 0 Å². The Labute approximate surface area is 180 Å². The minimum absolute atomic E-state index is 0.163. The van der Waals surface area contributed by atoms with Crippen molar-refractivity contribution in [1.82, 2.24) is 5.32 Å². The van der Waals surface area contributed by atoms with Gasteiger partial charge in [0.05, 0.1) is 34.5 Å². The molecule has 3 rings (SSSR count). The van der Waals surface area contributed by atoms with E-state index in [1.165, 1.54) is 41.4 Å². The number of carbonyl (C=O) groups is 1. The lowest BCUT2D eigenvalue weighted by Crippen LogP contribution is -2.26. The number of methoxy groups -OCH3 is 4. The average molecular weight is 424 g/mol. The van der Waals surface area contributed by atoms with Crippen LogP contribution in [0.4, 0.5) is 0 Å². The third-order valence-electron chi connectivity index (χ3n) is 5.36. The molecule has 2 aromatic rings. The van der Waals surface area contributed by atoms with E-state index in [0.29, 0.717) is 46.4 Å². The number of nitrogens with zero attached hydrogens (tertiary/aromatic N) is 1. The zero-order valence-electron chi connectivity index (χ0n) is 18.1. The molecule has 162 valence electrons. The van der Waals surface area contributed by atoms with Gasteiger partial charge in [-0.15, -0.1) is 0 Å². The summed E-state index contributed by atoms with van der Waals surface area (Å²) in [5, 5.41) is 12.9. The predicted octanol–water partition coefficient (Wildman–Crippen LogP) is 2.74. The lowest BCUT2D eigenvalue weighted by molar-refractivity contribution is -0.119. The van der Waals surface area contributed by atoms with Crippen LogP contribution in [-0.4, -0.2) is 34.3 Å². The van der Waals surface area contributed by atoms with E-state index in [4.69, 9.17) is 18.9 Å². The van der Waals surface area contributed by atoms with Crippen molar-refractivity contribution < 1.29 is 23.7 Å². The van der Waals surface area contributed by atoms with E-state index in [9.17, 15) is 14.9 Å². The summed E-state index contributed by atoms with van der Waals surface area (Å²) in [6, 6.07) is 6.55. The quantitative estimate of drug-likeness (QED) is 0.786. The molecular formula is C23H24N2O6. The average Bonchev–Trinajstić information content (AvgIpc) is 3.00. The van der Waals surface area contributed by atoms with Gasteiger partial charge in [-0.1, -0.05) is 6.07 Å². The largest absolute Gasteiger partial charge is 0.493 e. The standard InChI is InChI=1S/C23H24N2O6/c1-12(26)25-17-8-6-14-16(11-24)21(29-3)23(31-5)22(30-4)20(14)13-7-9-19(28-2)18(27)10-15(13)17/h7,9-10,17H,6,8H2,1-5H3,(H,25,26)/t17-/m0/s1. The SMILES string of the molecule is COc1c(C#N)c2c(c(OC)c1OC)-c1ccc(OC)c(=O)cc1[C@@H](NC(C)=O)CC2. The molecule has 8 heteroatoms. The summed E-state index contributed by atoms with van der Waals surface area (Å²) in [5.41, 5.74) is 2.58. The highest BCUT2D eigenvalue weighted by atomic mass is 16.5. The Hall–Kier alpha value is -3.73. The molecule has 1 N–H and O–H groups in total. The third kappa shape index (κ3) is 3.75. The number of benzene rings is 1. The molecule has 0 heterocycles. The first kappa shape index (κ1) is 22.0. The molecule has 1 aliphatic rings. The molecule has 2 aromatic carbocycles. The molecule has 8 nitrogen and oxygen atoms in total. The minimum atomic E-state index is -0.446. The van der Waals surface area contributed by atoms with Gasteiger partial charge in [0, 0.05) is 12.5 Å². The van der Waals surface area contributed by atoms with Gasteiger partial charge in [-0.25, -0.2) is 0 Å². The Kier molecular flexibility index (Phi) is 6.35. The topological polar surface area (TPSA) is 107 Å². The monoisotopic (exact) mass is 424 g/mol. The highest BCUT2D eigenvalue weighted by Crippen LogP contribution is 2.52. The van der Waals surface area contributed by atoms with Crippen molar-refractivity contribution in [1.29, 1.82) is 5.26 Å². The second-order valence-electron chi connectivity index (χ2n) is 7.01. The van der Waals surface area contributed by atoms with Gasteiger partial charge < -0.3 is 24.3 Å². The fourth-order valence-corrected chi connectivity index (χ4v) is 4.11. The Morgan fingerprint density at radius 2 is 1.74 bits per heavy atom. The molecule has 0 fully saturated rings. The summed E-state index contributed by atoms with van der Waals surface area (Å²) in [6.07, 6.45) is 0.919. The molecule has 1 atom stereocenters. The lowest BCUT2D eigenvalue weighted by atomic mass is 9.92. The van der Waals surface area contributed by atoms with Crippen LogP contribution in [-0.2, 0) is 11.2 Å². The van der Waals surface area contributed by atoms with Crippen LogP contribution in [0.15, 0.2) is 23.0 Å². The van der Waals surface area contributed by atoms with E-state index < -0.39 is 6.04 Å². The molecule has 0 saturated carbocycles. The van der Waals surface area contributed by atoms with E-state index in [-0.39, 0.29) is 28.6 Å². The number of fused-ring (bicyclic) bond motifs is 3. The predicted molar refractivity (Wildman–Crippen MR) is 114 cm³/mol. The molecule has 0 spiro atoms. The van der Waals surface area contributed by atoms with Gasteiger partial charge in [-0.05, 0) is 41.7 Å². The fourth-order valence-electron chi connectivity index (χ4n) is 4.11. The summed E-state index contributed by atoms with van der Waals surface area (Å²) >= 11 is 0. The summed E-state index contributed by atoms with van der Waals surface area (Å²) in [4.78, 5) is 24.6. The highest BCUT2D eigenvalue weighted by Gasteiger charge is 2.32. The van der Waals surface area contributed by atoms with Crippen molar-refractivity contribution in [3.63, 3.8) is 0 Å². The van der Waals surface area contributed by atoms with Crippen molar-refractivity contribution in [3.8, 4) is 40.2 Å². The Morgan fingerprint density at radius 1 is 1.06 bits per heavy atom. The van der Waals surface area contributed by atoms with Gasteiger partial charge in [-0.2, -0.15) is 5.26 Å². The molecular weight excluding hydrogens is 400 g/mol. The molecule has 1 amide bonds. The summed E-state index contributed by atoms with van der Waals surface area (Å²) < 4.78 is 22.0. The van der Waals surface area contributed by atoms with Crippen molar-refractivity contribution in [2.45, 2.75) is 25.8 Å². The van der Waals surface area contributed by atoms with Gasteiger partial charge in [0.25, 0.3) is 0 Å². The number of hydrogen-bond acceptors (Lipinski definition) is 7. The molecule has 0 aromatic heterocycles. The third-order valence-corrected chi connectivity index (χ3v) is 5.36. The number of ether oxygens (including phenoxy) is 4. The first-order chi connectivity index (χ1) is 14.9. The number of nitriles is 1. The second-order valence-corrected chi connectivity index (χ2v) is 7.01. The minimum Gasteiger partial charge on any atom is -0.493 e. The molecule has 0 unspecified atom stereocenters. The molecule has 0 aliphatic heterocycles. The smallest absolute Gasteiger partial charge is 0.220 e. The maximum atomic E-state index is 12.7. The lowest BCUT2D eigenvalue weighted by Gasteiger charge is -2.21. The van der Waals surface area contributed by atoms with Gasteiger partial charge in [0.15, 0.2) is 17.2 Å². The second kappa shape index (κ2) is 8.96. The highest BCUT2D eigenvalue weighted by molar-refractivity contribution is 5.86. The van der Waals surface area contributed by atoms with Crippen LogP contribution in [0.3, 0.4) is 0 Å². The van der Waals surface area contributed by atoms with E-state index in [2.05, 4.69) is 11.4 Å². The maximum Gasteiger partial charge on any atom is 0.220 e. The van der Waals surface area contributed by atoms with Gasteiger partial charge in [0.1, 0.15) is 11.6 Å². The van der Waals surface area contributed by atoms with Crippen LogP contribution in [0.25, 0.3) is 11.1 Å². The van der Waals surface area contributed by atoms with Crippen LogP contribution in [0.2, 0.25) is 0 Å². The van der Waals surface area contributed by atoms with Crippen molar-refractivity contribution in [2.24, 2.45) is 0 Å². The Balaban J connectivity index is 2.52. The molecule has 1 aliphatic carbocycles. The zero-order valence-corrected chi connectivity index (χ0v) is 18.1. The van der Waals surface area contributed by atoms with Crippen LogP contribution < -0.4 is 29.7 Å². The normalized spacial score (nSPS) is 14.3. The van der Waals surface area contributed by atoms with Gasteiger partial charge in [-0.3, -0.25) is 9.59 Å². The number of rotatable bonds is 5. The Bertz CT molecular complexity index is 1140.